The van der Waals surface area contributed by atoms with E-state index in [0.29, 0.717) is 19.4 Å². The minimum atomic E-state index is -0.574. The molecule has 0 aromatic heterocycles. The van der Waals surface area contributed by atoms with E-state index in [1.165, 1.54) is 128 Å². The smallest absolute Gasteiger partial charge is 0.306 e. The zero-order chi connectivity index (χ0) is 46.3. The molecule has 0 aromatic carbocycles. The highest BCUT2D eigenvalue weighted by atomic mass is 16.6. The molecule has 0 aliphatic rings. The van der Waals surface area contributed by atoms with Crippen LogP contribution < -0.4 is 0 Å². The van der Waals surface area contributed by atoms with E-state index in [1.807, 2.05) is 0 Å². The molecule has 368 valence electrons. The molecule has 0 saturated carbocycles. The number of unbranched alkanes of at least 4 members (excludes halogenated alkanes) is 24. The first-order valence-electron chi connectivity index (χ1n) is 27.1. The van der Waals surface area contributed by atoms with Crippen LogP contribution in [0.5, 0.6) is 0 Å². The molecule has 0 fully saturated rings. The molecular formula is C59H102O5. The van der Waals surface area contributed by atoms with Gasteiger partial charge in [-0.1, -0.05) is 234 Å². The lowest BCUT2D eigenvalue weighted by molar-refractivity contribution is -0.162. The van der Waals surface area contributed by atoms with E-state index in [2.05, 4.69) is 106 Å². The van der Waals surface area contributed by atoms with Crippen LogP contribution in [0.1, 0.15) is 252 Å². The maximum atomic E-state index is 12.8. The molecule has 0 bridgehead atoms. The zero-order valence-corrected chi connectivity index (χ0v) is 42.3. The summed E-state index contributed by atoms with van der Waals surface area (Å²) in [5, 5.41) is 0. The van der Waals surface area contributed by atoms with E-state index < -0.39 is 6.10 Å². The Morgan fingerprint density at radius 1 is 0.359 bits per heavy atom. The lowest BCUT2D eigenvalue weighted by atomic mass is 10.0. The first-order chi connectivity index (χ1) is 31.6. The normalized spacial score (nSPS) is 12.9. The van der Waals surface area contributed by atoms with Gasteiger partial charge in [-0.25, -0.2) is 0 Å². The Labute approximate surface area is 397 Å². The molecule has 0 saturated heterocycles. The molecule has 0 heterocycles. The summed E-state index contributed by atoms with van der Waals surface area (Å²) in [7, 11) is 0. The van der Waals surface area contributed by atoms with Crippen molar-refractivity contribution in [3.05, 3.63) is 85.1 Å². The summed E-state index contributed by atoms with van der Waals surface area (Å²) in [5.41, 5.74) is 0. The topological polar surface area (TPSA) is 61.8 Å². The van der Waals surface area contributed by atoms with Crippen molar-refractivity contribution in [2.24, 2.45) is 0 Å². The van der Waals surface area contributed by atoms with Gasteiger partial charge in [-0.2, -0.15) is 0 Å². The van der Waals surface area contributed by atoms with Crippen LogP contribution in [0, 0.1) is 0 Å². The van der Waals surface area contributed by atoms with Crippen LogP contribution in [0.15, 0.2) is 85.1 Å². The monoisotopic (exact) mass is 891 g/mol. The van der Waals surface area contributed by atoms with Crippen molar-refractivity contribution in [1.82, 2.24) is 0 Å². The molecule has 5 nitrogen and oxygen atoms in total. The molecule has 0 amide bonds. The van der Waals surface area contributed by atoms with Gasteiger partial charge in [-0.3, -0.25) is 9.59 Å². The van der Waals surface area contributed by atoms with Gasteiger partial charge in [0.2, 0.25) is 0 Å². The van der Waals surface area contributed by atoms with E-state index >= 15 is 0 Å². The molecule has 0 spiro atoms. The second-order valence-corrected chi connectivity index (χ2v) is 17.8. The van der Waals surface area contributed by atoms with Gasteiger partial charge in [-0.05, 0) is 89.9 Å². The zero-order valence-electron chi connectivity index (χ0n) is 42.3. The maximum Gasteiger partial charge on any atom is 0.306 e. The average Bonchev–Trinajstić information content (AvgIpc) is 3.30. The first-order valence-corrected chi connectivity index (χ1v) is 27.1. The molecule has 0 aliphatic carbocycles. The van der Waals surface area contributed by atoms with E-state index in [4.69, 9.17) is 14.2 Å². The predicted octanol–water partition coefficient (Wildman–Crippen LogP) is 18.5. The number of rotatable bonds is 49. The van der Waals surface area contributed by atoms with E-state index in [9.17, 15) is 9.59 Å². The third kappa shape index (κ3) is 51.7. The maximum absolute atomic E-state index is 12.8. The third-order valence-corrected chi connectivity index (χ3v) is 11.4. The standard InChI is InChI=1S/C59H102O5/c1-4-7-10-13-16-19-22-25-28-30-32-35-38-41-44-47-50-53-59(61)64-57(55-62-54-51-48-45-42-39-36-33-29-26-23-20-17-14-11-8-5-2)56-63-58(60)52-49-46-43-40-37-34-31-27-24-21-18-15-12-9-6-3/h9,12,16,18-19,21,25,27-28,31-32,35,41,44,57H,4-8,10-11,13-15,17,20,22-24,26,29-30,33-34,36-40,42-43,45-56H2,1-3H3/b12-9-,19-16-,21-18-,28-25-,31-27-,35-32-,44-41-/t57-/m1/s1. The average molecular weight is 891 g/mol. The fourth-order valence-corrected chi connectivity index (χ4v) is 7.40. The Morgan fingerprint density at radius 2 is 0.719 bits per heavy atom. The number of hydrogen-bond donors (Lipinski definition) is 0. The second-order valence-electron chi connectivity index (χ2n) is 17.8. The summed E-state index contributed by atoms with van der Waals surface area (Å²) < 4.78 is 17.4. The molecule has 0 unspecified atom stereocenters. The van der Waals surface area contributed by atoms with Crippen molar-refractivity contribution in [3.63, 3.8) is 0 Å². The molecule has 64 heavy (non-hydrogen) atoms. The molecule has 1 atom stereocenters. The van der Waals surface area contributed by atoms with Gasteiger partial charge >= 0.3 is 11.9 Å². The van der Waals surface area contributed by atoms with Crippen molar-refractivity contribution in [2.75, 3.05) is 19.8 Å². The highest BCUT2D eigenvalue weighted by Crippen LogP contribution is 2.15. The fourth-order valence-electron chi connectivity index (χ4n) is 7.40. The fraction of sp³-hybridized carbons (Fsp3) is 0.729. The van der Waals surface area contributed by atoms with Crippen LogP contribution in [0.3, 0.4) is 0 Å². The molecule has 0 rings (SSSR count). The summed E-state index contributed by atoms with van der Waals surface area (Å²) in [6.45, 7) is 7.63. The Kier molecular flexibility index (Phi) is 51.9. The highest BCUT2D eigenvalue weighted by Gasteiger charge is 2.17. The van der Waals surface area contributed by atoms with Crippen molar-refractivity contribution < 1.29 is 23.8 Å². The number of allylic oxidation sites excluding steroid dienone is 14. The SMILES string of the molecule is CC/C=C\C/C=C\C/C=C\CCCCCCCC(=O)OC[C@@H](COCCCCCCCCCCCCCCCCCC)OC(=O)CCC/C=C\C/C=C\C/C=C\C/C=C\CCCCC. The largest absolute Gasteiger partial charge is 0.462 e. The molecule has 0 aliphatic heterocycles. The number of hydrogen-bond acceptors (Lipinski definition) is 5. The summed E-state index contributed by atoms with van der Waals surface area (Å²) in [6.07, 6.45) is 71.7. The summed E-state index contributed by atoms with van der Waals surface area (Å²) in [6, 6.07) is 0. The first kappa shape index (κ1) is 61.1. The van der Waals surface area contributed by atoms with Gasteiger partial charge in [0, 0.05) is 19.4 Å². The van der Waals surface area contributed by atoms with Crippen LogP contribution in [-0.2, 0) is 23.8 Å². The Balaban J connectivity index is 4.38. The van der Waals surface area contributed by atoms with Crippen molar-refractivity contribution in [2.45, 2.75) is 258 Å². The van der Waals surface area contributed by atoms with Crippen LogP contribution in [-0.4, -0.2) is 37.9 Å². The van der Waals surface area contributed by atoms with Crippen molar-refractivity contribution in [3.8, 4) is 0 Å². The quantitative estimate of drug-likeness (QED) is 0.0346. The third-order valence-electron chi connectivity index (χ3n) is 11.4. The molecule has 0 aromatic rings. The predicted molar refractivity (Wildman–Crippen MR) is 279 cm³/mol. The highest BCUT2D eigenvalue weighted by molar-refractivity contribution is 5.70. The molecular weight excluding hydrogens is 789 g/mol. The number of carbonyl (C=O) groups is 2. The summed E-state index contributed by atoms with van der Waals surface area (Å²) in [5.74, 6) is -0.477. The minimum absolute atomic E-state index is 0.0532. The van der Waals surface area contributed by atoms with Crippen LogP contribution in [0.4, 0.5) is 0 Å². The second kappa shape index (κ2) is 54.4. The van der Waals surface area contributed by atoms with Gasteiger partial charge in [-0.15, -0.1) is 0 Å². The Bertz CT molecular complexity index is 1190. The lowest BCUT2D eigenvalue weighted by Gasteiger charge is -2.18. The van der Waals surface area contributed by atoms with E-state index in [-0.39, 0.29) is 25.2 Å². The minimum Gasteiger partial charge on any atom is -0.462 e. The van der Waals surface area contributed by atoms with Gasteiger partial charge in [0.15, 0.2) is 6.10 Å². The van der Waals surface area contributed by atoms with Crippen molar-refractivity contribution >= 4 is 11.9 Å². The Morgan fingerprint density at radius 3 is 1.20 bits per heavy atom. The molecule has 5 heteroatoms. The number of carbonyl (C=O) groups excluding carboxylic acids is 2. The van der Waals surface area contributed by atoms with Crippen LogP contribution >= 0.6 is 0 Å². The summed E-state index contributed by atoms with van der Waals surface area (Å²) in [4.78, 5) is 25.4. The van der Waals surface area contributed by atoms with E-state index in [1.54, 1.807) is 0 Å². The van der Waals surface area contributed by atoms with Gasteiger partial charge in [0.25, 0.3) is 0 Å². The number of esters is 2. The van der Waals surface area contributed by atoms with Crippen LogP contribution in [0.2, 0.25) is 0 Å². The lowest BCUT2D eigenvalue weighted by Crippen LogP contribution is -2.30. The van der Waals surface area contributed by atoms with Gasteiger partial charge < -0.3 is 14.2 Å². The van der Waals surface area contributed by atoms with Crippen LogP contribution in [0.25, 0.3) is 0 Å². The number of ether oxygens (including phenoxy) is 3. The van der Waals surface area contributed by atoms with Gasteiger partial charge in [0.1, 0.15) is 6.61 Å². The van der Waals surface area contributed by atoms with Crippen molar-refractivity contribution in [1.29, 1.82) is 0 Å². The van der Waals surface area contributed by atoms with Gasteiger partial charge in [0.05, 0.1) is 6.61 Å². The molecule has 0 radical (unpaired) electrons. The molecule has 0 N–H and O–H groups in total. The van der Waals surface area contributed by atoms with E-state index in [0.717, 1.165) is 89.9 Å². The Hall–Kier alpha value is -2.92. The summed E-state index contributed by atoms with van der Waals surface area (Å²) >= 11 is 0.